The predicted molar refractivity (Wildman–Crippen MR) is 76.3 cm³/mol. The van der Waals surface area contributed by atoms with E-state index < -0.39 is 0 Å². The molecule has 98 valence electrons. The Morgan fingerprint density at radius 2 is 2.39 bits per heavy atom. The van der Waals surface area contributed by atoms with Crippen LogP contribution in [0.1, 0.15) is 36.5 Å². The van der Waals surface area contributed by atoms with Crippen molar-refractivity contribution in [1.29, 1.82) is 0 Å². The van der Waals surface area contributed by atoms with Crippen LogP contribution >= 0.6 is 23.4 Å². The van der Waals surface area contributed by atoms with Crippen LogP contribution in [0.3, 0.4) is 0 Å². The molecule has 2 unspecified atom stereocenters. The maximum atomic E-state index is 12.1. The largest absolute Gasteiger partial charge is 0.348 e. The van der Waals surface area contributed by atoms with Gasteiger partial charge < -0.3 is 5.32 Å². The number of thioether (sulfide) groups is 1. The van der Waals surface area contributed by atoms with E-state index in [2.05, 4.69) is 17.2 Å². The van der Waals surface area contributed by atoms with Crippen LogP contribution in [0, 0.1) is 0 Å². The summed E-state index contributed by atoms with van der Waals surface area (Å²) in [6.07, 6.45) is 4.99. The molecule has 0 aliphatic heterocycles. The molecule has 18 heavy (non-hydrogen) atoms. The van der Waals surface area contributed by atoms with Gasteiger partial charge in [0, 0.05) is 17.5 Å². The quantitative estimate of drug-likeness (QED) is 0.864. The molecule has 2 rings (SSSR count). The molecule has 1 N–H and O–H groups in total. The normalized spacial score (nSPS) is 23.0. The third kappa shape index (κ3) is 3.39. The highest BCUT2D eigenvalue weighted by Crippen LogP contribution is 2.30. The van der Waals surface area contributed by atoms with Crippen LogP contribution in [0.25, 0.3) is 0 Å². The van der Waals surface area contributed by atoms with E-state index >= 15 is 0 Å². The summed E-state index contributed by atoms with van der Waals surface area (Å²) in [7, 11) is 0. The van der Waals surface area contributed by atoms with Crippen LogP contribution in [-0.4, -0.2) is 27.9 Å². The van der Waals surface area contributed by atoms with E-state index in [4.69, 9.17) is 11.6 Å². The lowest BCUT2D eigenvalue weighted by molar-refractivity contribution is 0.0938. The topological polar surface area (TPSA) is 42.0 Å². The van der Waals surface area contributed by atoms with Crippen LogP contribution in [0.4, 0.5) is 0 Å². The molecular weight excluding hydrogens is 268 g/mol. The van der Waals surface area contributed by atoms with Crippen molar-refractivity contribution in [3.63, 3.8) is 0 Å². The zero-order valence-electron chi connectivity index (χ0n) is 10.4. The Hall–Kier alpha value is -0.740. The number of aromatic nitrogens is 1. The first kappa shape index (κ1) is 13.7. The number of nitrogens with zero attached hydrogens (tertiary/aromatic N) is 1. The van der Waals surface area contributed by atoms with Crippen molar-refractivity contribution in [3.05, 3.63) is 29.0 Å². The molecule has 0 bridgehead atoms. The first-order chi connectivity index (χ1) is 8.70. The lowest BCUT2D eigenvalue weighted by Crippen LogP contribution is -2.38. The standard InChI is InChI=1S/C13H17ClN2OS/c1-2-18-11-5-3-4-10(11)16-13(17)9-6-7-12(14)15-8-9/h6-8,10-11H,2-5H2,1H3,(H,16,17). The summed E-state index contributed by atoms with van der Waals surface area (Å²) in [6.45, 7) is 2.16. The summed E-state index contributed by atoms with van der Waals surface area (Å²) >= 11 is 7.64. The molecule has 0 spiro atoms. The van der Waals surface area contributed by atoms with Gasteiger partial charge in [0.15, 0.2) is 0 Å². The predicted octanol–water partition coefficient (Wildman–Crippen LogP) is 3.14. The first-order valence-electron chi connectivity index (χ1n) is 6.24. The fraction of sp³-hybridized carbons (Fsp3) is 0.538. The lowest BCUT2D eigenvalue weighted by atomic mass is 10.2. The zero-order chi connectivity index (χ0) is 13.0. The van der Waals surface area contributed by atoms with Gasteiger partial charge in [-0.25, -0.2) is 4.98 Å². The summed E-state index contributed by atoms with van der Waals surface area (Å²) in [5.74, 6) is 1.05. The van der Waals surface area contributed by atoms with E-state index in [1.165, 1.54) is 19.0 Å². The van der Waals surface area contributed by atoms with E-state index in [0.717, 1.165) is 12.2 Å². The van der Waals surface area contributed by atoms with Gasteiger partial charge in [-0.1, -0.05) is 24.9 Å². The number of halogens is 1. The Morgan fingerprint density at radius 1 is 1.56 bits per heavy atom. The molecule has 1 aliphatic carbocycles. The highest BCUT2D eigenvalue weighted by Gasteiger charge is 2.28. The number of hydrogen-bond acceptors (Lipinski definition) is 3. The molecule has 1 amide bonds. The summed E-state index contributed by atoms with van der Waals surface area (Å²) in [5, 5.41) is 4.07. The number of rotatable bonds is 4. The molecular formula is C13H17ClN2OS. The van der Waals surface area contributed by atoms with Crippen molar-refractivity contribution in [2.75, 3.05) is 5.75 Å². The SMILES string of the molecule is CCSC1CCCC1NC(=O)c1ccc(Cl)nc1. The Kier molecular flexibility index (Phi) is 4.89. The highest BCUT2D eigenvalue weighted by molar-refractivity contribution is 7.99. The Bertz CT molecular complexity index is 410. The van der Waals surface area contributed by atoms with Crippen molar-refractivity contribution in [2.45, 2.75) is 37.5 Å². The molecule has 0 radical (unpaired) electrons. The van der Waals surface area contributed by atoms with Crippen molar-refractivity contribution in [1.82, 2.24) is 10.3 Å². The van der Waals surface area contributed by atoms with E-state index in [0.29, 0.717) is 16.0 Å². The van der Waals surface area contributed by atoms with Crippen molar-refractivity contribution >= 4 is 29.3 Å². The number of amides is 1. The summed E-state index contributed by atoms with van der Waals surface area (Å²) in [6, 6.07) is 3.64. The average Bonchev–Trinajstić information content (AvgIpc) is 2.78. The zero-order valence-corrected chi connectivity index (χ0v) is 11.9. The second kappa shape index (κ2) is 6.43. The Morgan fingerprint density at radius 3 is 3.06 bits per heavy atom. The molecule has 1 fully saturated rings. The molecule has 1 aromatic rings. The molecule has 1 aromatic heterocycles. The monoisotopic (exact) mass is 284 g/mol. The third-order valence-electron chi connectivity index (χ3n) is 3.14. The fourth-order valence-corrected chi connectivity index (χ4v) is 3.58. The fourth-order valence-electron chi connectivity index (χ4n) is 2.27. The molecule has 0 saturated heterocycles. The van der Waals surface area contributed by atoms with E-state index in [9.17, 15) is 4.79 Å². The minimum absolute atomic E-state index is 0.0484. The Labute approximate surface area is 117 Å². The molecule has 5 heteroatoms. The lowest BCUT2D eigenvalue weighted by Gasteiger charge is -2.20. The number of nitrogens with one attached hydrogen (secondary N) is 1. The van der Waals surface area contributed by atoms with Crippen molar-refractivity contribution in [3.8, 4) is 0 Å². The van der Waals surface area contributed by atoms with Crippen LogP contribution in [0.15, 0.2) is 18.3 Å². The second-order valence-electron chi connectivity index (χ2n) is 4.37. The van der Waals surface area contributed by atoms with Gasteiger partial charge in [-0.15, -0.1) is 0 Å². The van der Waals surface area contributed by atoms with E-state index in [-0.39, 0.29) is 11.9 Å². The van der Waals surface area contributed by atoms with Gasteiger partial charge in [-0.3, -0.25) is 4.79 Å². The van der Waals surface area contributed by atoms with Gasteiger partial charge in [0.25, 0.3) is 5.91 Å². The van der Waals surface area contributed by atoms with Crippen LogP contribution in [-0.2, 0) is 0 Å². The van der Waals surface area contributed by atoms with Gasteiger partial charge in [0.2, 0.25) is 0 Å². The number of hydrogen-bond donors (Lipinski definition) is 1. The van der Waals surface area contributed by atoms with E-state index in [1.54, 1.807) is 12.1 Å². The van der Waals surface area contributed by atoms with Gasteiger partial charge in [-0.2, -0.15) is 11.8 Å². The maximum Gasteiger partial charge on any atom is 0.253 e. The molecule has 0 aromatic carbocycles. The highest BCUT2D eigenvalue weighted by atomic mass is 35.5. The van der Waals surface area contributed by atoms with E-state index in [1.807, 2.05) is 11.8 Å². The first-order valence-corrected chi connectivity index (χ1v) is 7.67. The van der Waals surface area contributed by atoms with Gasteiger partial charge in [-0.05, 0) is 30.7 Å². The summed E-state index contributed by atoms with van der Waals surface area (Å²) < 4.78 is 0. The summed E-state index contributed by atoms with van der Waals surface area (Å²) in [4.78, 5) is 16.0. The molecule has 1 heterocycles. The number of pyridine rings is 1. The average molecular weight is 285 g/mol. The minimum atomic E-state index is -0.0484. The molecule has 3 nitrogen and oxygen atoms in total. The maximum absolute atomic E-state index is 12.1. The van der Waals surface area contributed by atoms with Crippen molar-refractivity contribution in [2.24, 2.45) is 0 Å². The van der Waals surface area contributed by atoms with Crippen LogP contribution < -0.4 is 5.32 Å². The Balaban J connectivity index is 1.96. The van der Waals surface area contributed by atoms with Crippen LogP contribution in [0.2, 0.25) is 5.15 Å². The molecule has 1 saturated carbocycles. The second-order valence-corrected chi connectivity index (χ2v) is 6.28. The molecule has 2 atom stereocenters. The smallest absolute Gasteiger partial charge is 0.253 e. The van der Waals surface area contributed by atoms with Crippen LogP contribution in [0.5, 0.6) is 0 Å². The molecule has 1 aliphatic rings. The van der Waals surface area contributed by atoms with Gasteiger partial charge in [0.1, 0.15) is 5.15 Å². The number of carbonyl (C=O) groups excluding carboxylic acids is 1. The minimum Gasteiger partial charge on any atom is -0.348 e. The number of carbonyl (C=O) groups is 1. The van der Waals surface area contributed by atoms with Crippen molar-refractivity contribution < 1.29 is 4.79 Å². The summed E-state index contributed by atoms with van der Waals surface area (Å²) in [5.41, 5.74) is 0.576. The van der Waals surface area contributed by atoms with Gasteiger partial charge in [0.05, 0.1) is 5.56 Å². The third-order valence-corrected chi connectivity index (χ3v) is 4.69. The van der Waals surface area contributed by atoms with Gasteiger partial charge >= 0.3 is 0 Å².